The maximum absolute atomic E-state index is 12.5. The normalized spacial score (nSPS) is 18.0. The van der Waals surface area contributed by atoms with Crippen molar-refractivity contribution in [3.05, 3.63) is 70.9 Å². The minimum atomic E-state index is 0.263. The lowest BCUT2D eigenvalue weighted by Gasteiger charge is -2.18. The number of rotatable bonds is 10. The van der Waals surface area contributed by atoms with Crippen LogP contribution < -0.4 is 9.47 Å². The maximum Gasteiger partial charge on any atom is 0.161 e. The molecule has 2 aliphatic carbocycles. The number of carbonyl (C=O) groups excluding carboxylic acids is 1. The second kappa shape index (κ2) is 9.59. The molecule has 0 aromatic heterocycles. The van der Waals surface area contributed by atoms with Crippen molar-refractivity contribution in [1.29, 1.82) is 0 Å². The first-order valence-corrected chi connectivity index (χ1v) is 10.1. The first-order valence-electron chi connectivity index (χ1n) is 10.1. The first-order chi connectivity index (χ1) is 13.6. The Labute approximate surface area is 168 Å². The van der Waals surface area contributed by atoms with Crippen LogP contribution in [0.5, 0.6) is 11.5 Å². The van der Waals surface area contributed by atoms with E-state index in [2.05, 4.69) is 37.3 Å². The fraction of sp³-hybridized carbons (Fsp3) is 0.400. The molecule has 3 nitrogen and oxygen atoms in total. The van der Waals surface area contributed by atoms with Crippen molar-refractivity contribution in [2.24, 2.45) is 5.92 Å². The van der Waals surface area contributed by atoms with Crippen molar-refractivity contribution in [2.75, 3.05) is 14.2 Å². The standard InChI is InChI=1S/C25H30O3/c1-4-23-20(10-11-21(23)15-18-7-5-6-8-18)12-13-22(26)16-19-9-14-24(27-2)25(17-19)28-3/h5-7,9-11,14,17,23H,4,8,12-13,15-16H2,1-3H3. The molecule has 148 valence electrons. The summed E-state index contributed by atoms with van der Waals surface area (Å²) >= 11 is 0. The van der Waals surface area contributed by atoms with E-state index in [1.54, 1.807) is 14.2 Å². The summed E-state index contributed by atoms with van der Waals surface area (Å²) in [5.74, 6) is 2.11. The molecule has 3 heteroatoms. The van der Waals surface area contributed by atoms with E-state index in [-0.39, 0.29) is 5.78 Å². The summed E-state index contributed by atoms with van der Waals surface area (Å²) in [6.45, 7) is 2.24. The van der Waals surface area contributed by atoms with E-state index in [0.717, 1.165) is 31.2 Å². The molecule has 0 radical (unpaired) electrons. The van der Waals surface area contributed by atoms with Crippen LogP contribution >= 0.6 is 0 Å². The third kappa shape index (κ3) is 4.83. The van der Waals surface area contributed by atoms with Gasteiger partial charge in [-0.3, -0.25) is 4.79 Å². The Morgan fingerprint density at radius 2 is 1.86 bits per heavy atom. The lowest BCUT2D eigenvalue weighted by molar-refractivity contribution is -0.118. The molecular weight excluding hydrogens is 348 g/mol. The Hall–Kier alpha value is -2.55. The van der Waals surface area contributed by atoms with Gasteiger partial charge >= 0.3 is 0 Å². The van der Waals surface area contributed by atoms with Crippen molar-refractivity contribution in [3.8, 4) is 11.5 Å². The fourth-order valence-electron chi connectivity index (χ4n) is 4.12. The number of allylic oxidation sites excluding steroid dienone is 8. The van der Waals surface area contributed by atoms with E-state index in [9.17, 15) is 4.79 Å². The highest BCUT2D eigenvalue weighted by atomic mass is 16.5. The summed E-state index contributed by atoms with van der Waals surface area (Å²) in [5, 5.41) is 0. The number of carbonyl (C=O) groups is 1. The molecule has 1 unspecified atom stereocenters. The topological polar surface area (TPSA) is 35.5 Å². The molecule has 0 heterocycles. The van der Waals surface area contributed by atoms with Gasteiger partial charge in [0, 0.05) is 18.8 Å². The van der Waals surface area contributed by atoms with Gasteiger partial charge in [0.1, 0.15) is 5.78 Å². The van der Waals surface area contributed by atoms with E-state index in [1.807, 2.05) is 18.2 Å². The van der Waals surface area contributed by atoms with Gasteiger partial charge in [-0.1, -0.05) is 60.1 Å². The van der Waals surface area contributed by atoms with Gasteiger partial charge in [0.2, 0.25) is 0 Å². The van der Waals surface area contributed by atoms with Crippen LogP contribution in [0.2, 0.25) is 0 Å². The molecule has 28 heavy (non-hydrogen) atoms. The molecule has 1 aromatic carbocycles. The average molecular weight is 379 g/mol. The predicted octanol–water partition coefficient (Wildman–Crippen LogP) is 5.76. The van der Waals surface area contributed by atoms with Crippen LogP contribution in [0.3, 0.4) is 0 Å². The van der Waals surface area contributed by atoms with Crippen molar-refractivity contribution in [2.45, 2.75) is 45.4 Å². The van der Waals surface area contributed by atoms with Crippen LogP contribution in [-0.4, -0.2) is 20.0 Å². The Kier molecular flexibility index (Phi) is 6.91. The first kappa shape index (κ1) is 20.2. The molecule has 0 N–H and O–H groups in total. The molecule has 0 aliphatic heterocycles. The molecule has 0 fully saturated rings. The zero-order chi connectivity index (χ0) is 19.9. The largest absolute Gasteiger partial charge is 0.493 e. The highest BCUT2D eigenvalue weighted by molar-refractivity contribution is 5.81. The third-order valence-corrected chi connectivity index (χ3v) is 5.64. The van der Waals surface area contributed by atoms with Crippen LogP contribution in [0, 0.1) is 5.92 Å². The van der Waals surface area contributed by atoms with Crippen molar-refractivity contribution in [1.82, 2.24) is 0 Å². The SMILES string of the molecule is CCC1C(CCC(=O)Cc2ccc(OC)c(OC)c2)=CC=C1CC1=CC=CC1. The van der Waals surface area contributed by atoms with E-state index in [1.165, 1.54) is 16.7 Å². The fourth-order valence-corrected chi connectivity index (χ4v) is 4.12. The summed E-state index contributed by atoms with van der Waals surface area (Å²) in [5.41, 5.74) is 5.36. The zero-order valence-corrected chi connectivity index (χ0v) is 17.2. The van der Waals surface area contributed by atoms with E-state index in [4.69, 9.17) is 9.47 Å². The maximum atomic E-state index is 12.5. The van der Waals surface area contributed by atoms with Crippen LogP contribution in [-0.2, 0) is 11.2 Å². The van der Waals surface area contributed by atoms with Gasteiger partial charge in [-0.25, -0.2) is 0 Å². The van der Waals surface area contributed by atoms with Gasteiger partial charge in [0.05, 0.1) is 14.2 Å². The number of Topliss-reactive ketones (excluding diaryl/α,β-unsaturated/α-hetero) is 1. The molecule has 0 saturated carbocycles. The molecule has 0 spiro atoms. The van der Waals surface area contributed by atoms with Crippen LogP contribution in [0.15, 0.2) is 65.3 Å². The van der Waals surface area contributed by atoms with Crippen molar-refractivity contribution >= 4 is 5.78 Å². The summed E-state index contributed by atoms with van der Waals surface area (Å²) in [6.07, 6.45) is 16.2. The highest BCUT2D eigenvalue weighted by Crippen LogP contribution is 2.37. The monoisotopic (exact) mass is 378 g/mol. The summed E-state index contributed by atoms with van der Waals surface area (Å²) in [6, 6.07) is 5.69. The lowest BCUT2D eigenvalue weighted by atomic mass is 9.86. The van der Waals surface area contributed by atoms with Crippen molar-refractivity contribution < 1.29 is 14.3 Å². The summed E-state index contributed by atoms with van der Waals surface area (Å²) in [7, 11) is 3.23. The smallest absolute Gasteiger partial charge is 0.161 e. The number of benzene rings is 1. The lowest BCUT2D eigenvalue weighted by Crippen LogP contribution is -2.08. The van der Waals surface area contributed by atoms with Gasteiger partial charge < -0.3 is 9.47 Å². The molecule has 0 saturated heterocycles. The van der Waals surface area contributed by atoms with Gasteiger partial charge in [-0.05, 0) is 43.4 Å². The molecule has 0 bridgehead atoms. The molecule has 2 aliphatic rings. The summed E-state index contributed by atoms with van der Waals surface area (Å²) < 4.78 is 10.6. The molecule has 0 amide bonds. The predicted molar refractivity (Wildman–Crippen MR) is 114 cm³/mol. The molecular formula is C25H30O3. The number of methoxy groups -OCH3 is 2. The Bertz CT molecular complexity index is 839. The number of ketones is 1. The highest BCUT2D eigenvalue weighted by Gasteiger charge is 2.22. The van der Waals surface area contributed by atoms with Crippen molar-refractivity contribution in [3.63, 3.8) is 0 Å². The minimum absolute atomic E-state index is 0.263. The number of ether oxygens (including phenoxy) is 2. The van der Waals surface area contributed by atoms with Crippen LogP contribution in [0.25, 0.3) is 0 Å². The number of hydrogen-bond donors (Lipinski definition) is 0. The van der Waals surface area contributed by atoms with Gasteiger partial charge in [0.25, 0.3) is 0 Å². The van der Waals surface area contributed by atoms with E-state index >= 15 is 0 Å². The number of hydrogen-bond acceptors (Lipinski definition) is 3. The third-order valence-electron chi connectivity index (χ3n) is 5.64. The van der Waals surface area contributed by atoms with Gasteiger partial charge in [0.15, 0.2) is 11.5 Å². The second-order valence-corrected chi connectivity index (χ2v) is 7.48. The van der Waals surface area contributed by atoms with Gasteiger partial charge in [-0.15, -0.1) is 0 Å². The van der Waals surface area contributed by atoms with Crippen LogP contribution in [0.4, 0.5) is 0 Å². The second-order valence-electron chi connectivity index (χ2n) is 7.48. The van der Waals surface area contributed by atoms with Gasteiger partial charge in [-0.2, -0.15) is 0 Å². The van der Waals surface area contributed by atoms with E-state index in [0.29, 0.717) is 30.3 Å². The Morgan fingerprint density at radius 3 is 2.54 bits per heavy atom. The molecule has 1 aromatic rings. The molecule has 1 atom stereocenters. The van der Waals surface area contributed by atoms with E-state index < -0.39 is 0 Å². The van der Waals surface area contributed by atoms with Crippen LogP contribution in [0.1, 0.15) is 44.6 Å². The average Bonchev–Trinajstić information content (AvgIpc) is 3.36. The quantitative estimate of drug-likeness (QED) is 0.519. The summed E-state index contributed by atoms with van der Waals surface area (Å²) in [4.78, 5) is 12.5. The molecule has 3 rings (SSSR count). The Morgan fingerprint density at radius 1 is 1.07 bits per heavy atom. The Balaban J connectivity index is 1.52. The zero-order valence-electron chi connectivity index (χ0n) is 17.2. The minimum Gasteiger partial charge on any atom is -0.493 e.